The summed E-state index contributed by atoms with van der Waals surface area (Å²) in [6, 6.07) is 18.0. The third kappa shape index (κ3) is 4.09. The average Bonchev–Trinajstić information content (AvgIpc) is 2.59. The molecule has 6 heteroatoms. The number of alkyl halides is 3. The third-order valence-electron chi connectivity index (χ3n) is 3.70. The van der Waals surface area contributed by atoms with E-state index >= 15 is 0 Å². The molecule has 0 fully saturated rings. The summed E-state index contributed by atoms with van der Waals surface area (Å²) < 4.78 is 38.1. The Morgan fingerprint density at radius 2 is 1.64 bits per heavy atom. The summed E-state index contributed by atoms with van der Waals surface area (Å²) in [4.78, 5) is 12.0. The van der Waals surface area contributed by atoms with E-state index in [-0.39, 0.29) is 12.2 Å². The first kappa shape index (κ1) is 16.8. The number of fused-ring (bicyclic) bond motifs is 1. The first-order valence-corrected chi connectivity index (χ1v) is 7.62. The summed E-state index contributed by atoms with van der Waals surface area (Å²) in [5.74, 6) is -0.424. The lowest BCUT2D eigenvalue weighted by molar-refractivity contribution is -0.137. The van der Waals surface area contributed by atoms with Crippen molar-refractivity contribution < 1.29 is 18.0 Å². The fourth-order valence-electron chi connectivity index (χ4n) is 2.53. The molecule has 0 heterocycles. The molecule has 1 amide bonds. The molecule has 128 valence electrons. The maximum Gasteiger partial charge on any atom is 0.416 e. The van der Waals surface area contributed by atoms with Gasteiger partial charge in [0.25, 0.3) is 0 Å². The number of rotatable bonds is 4. The van der Waals surface area contributed by atoms with Crippen LogP contribution >= 0.6 is 0 Å². The molecule has 0 saturated heterocycles. The molecule has 0 aliphatic carbocycles. The number of hydrogen-bond acceptors (Lipinski definition) is 2. The molecule has 2 N–H and O–H groups in total. The van der Waals surface area contributed by atoms with E-state index in [0.29, 0.717) is 0 Å². The smallest absolute Gasteiger partial charge is 0.376 e. The second kappa shape index (κ2) is 6.84. The lowest BCUT2D eigenvalue weighted by Gasteiger charge is -2.12. The summed E-state index contributed by atoms with van der Waals surface area (Å²) >= 11 is 0. The number of benzene rings is 3. The summed E-state index contributed by atoms with van der Waals surface area (Å²) in [6.45, 7) is -0.0513. The molecule has 25 heavy (non-hydrogen) atoms. The van der Waals surface area contributed by atoms with Crippen molar-refractivity contribution in [1.82, 2.24) is 0 Å². The van der Waals surface area contributed by atoms with Crippen molar-refractivity contribution in [2.24, 2.45) is 0 Å². The van der Waals surface area contributed by atoms with Gasteiger partial charge >= 0.3 is 6.18 Å². The number of carbonyl (C=O) groups excluding carboxylic acids is 1. The van der Waals surface area contributed by atoms with Crippen molar-refractivity contribution in [3.63, 3.8) is 0 Å². The van der Waals surface area contributed by atoms with Gasteiger partial charge in [0.15, 0.2) is 0 Å². The molecule has 0 aliphatic rings. The quantitative estimate of drug-likeness (QED) is 0.706. The Balaban J connectivity index is 1.67. The van der Waals surface area contributed by atoms with Gasteiger partial charge in [-0.1, -0.05) is 42.5 Å². The molecule has 0 aromatic heterocycles. The Bertz CT molecular complexity index is 901. The maximum atomic E-state index is 12.7. The van der Waals surface area contributed by atoms with Gasteiger partial charge in [-0.05, 0) is 29.7 Å². The molecular weight excluding hydrogens is 329 g/mol. The van der Waals surface area contributed by atoms with E-state index in [2.05, 4.69) is 10.6 Å². The number of anilines is 2. The van der Waals surface area contributed by atoms with Crippen molar-refractivity contribution >= 4 is 28.1 Å². The number of nitrogens with one attached hydrogen (secondary N) is 2. The van der Waals surface area contributed by atoms with E-state index in [1.54, 1.807) is 0 Å². The van der Waals surface area contributed by atoms with Gasteiger partial charge in [-0.3, -0.25) is 4.79 Å². The molecule has 0 radical (unpaired) electrons. The molecule has 3 rings (SSSR count). The number of hydrogen-bond donors (Lipinski definition) is 2. The van der Waals surface area contributed by atoms with Crippen molar-refractivity contribution in [3.05, 3.63) is 72.3 Å². The Hall–Kier alpha value is -3.02. The highest BCUT2D eigenvalue weighted by atomic mass is 19.4. The molecule has 0 aliphatic heterocycles. The van der Waals surface area contributed by atoms with Crippen LogP contribution in [-0.2, 0) is 11.0 Å². The van der Waals surface area contributed by atoms with Crippen LogP contribution in [-0.4, -0.2) is 12.5 Å². The van der Waals surface area contributed by atoms with Gasteiger partial charge in [0.1, 0.15) is 0 Å². The molecule has 0 saturated carbocycles. The fraction of sp³-hybridized carbons (Fsp3) is 0.105. The lowest BCUT2D eigenvalue weighted by atomic mass is 10.1. The minimum atomic E-state index is -4.44. The lowest BCUT2D eigenvalue weighted by Crippen LogP contribution is -2.22. The first-order valence-electron chi connectivity index (χ1n) is 7.62. The summed E-state index contributed by atoms with van der Waals surface area (Å²) in [6.07, 6.45) is -4.44. The van der Waals surface area contributed by atoms with Gasteiger partial charge in [-0.15, -0.1) is 0 Å². The monoisotopic (exact) mass is 344 g/mol. The molecule has 3 aromatic rings. The molecule has 0 bridgehead atoms. The Morgan fingerprint density at radius 3 is 2.44 bits per heavy atom. The number of amides is 1. The Kier molecular flexibility index (Phi) is 4.61. The summed E-state index contributed by atoms with van der Waals surface area (Å²) in [7, 11) is 0. The second-order valence-corrected chi connectivity index (χ2v) is 5.51. The predicted molar refractivity (Wildman–Crippen MR) is 92.5 cm³/mol. The summed E-state index contributed by atoms with van der Waals surface area (Å²) in [5.41, 5.74) is 0.101. The topological polar surface area (TPSA) is 41.1 Å². The van der Waals surface area contributed by atoms with Crippen molar-refractivity contribution in [3.8, 4) is 0 Å². The van der Waals surface area contributed by atoms with Crippen LogP contribution in [0.5, 0.6) is 0 Å². The fourth-order valence-corrected chi connectivity index (χ4v) is 2.53. The zero-order valence-corrected chi connectivity index (χ0v) is 13.1. The van der Waals surface area contributed by atoms with Gasteiger partial charge in [0.05, 0.1) is 12.1 Å². The Morgan fingerprint density at radius 1 is 0.920 bits per heavy atom. The Labute approximate surface area is 142 Å². The highest BCUT2D eigenvalue weighted by Gasteiger charge is 2.30. The van der Waals surface area contributed by atoms with E-state index in [1.165, 1.54) is 12.1 Å². The van der Waals surface area contributed by atoms with E-state index in [9.17, 15) is 18.0 Å². The molecular formula is C19H15F3N2O. The van der Waals surface area contributed by atoms with Crippen LogP contribution in [0.1, 0.15) is 5.56 Å². The van der Waals surface area contributed by atoms with E-state index in [1.807, 2.05) is 42.5 Å². The van der Waals surface area contributed by atoms with Gasteiger partial charge in [-0.25, -0.2) is 0 Å². The van der Waals surface area contributed by atoms with E-state index in [4.69, 9.17) is 0 Å². The average molecular weight is 344 g/mol. The zero-order valence-electron chi connectivity index (χ0n) is 13.1. The second-order valence-electron chi connectivity index (χ2n) is 5.51. The molecule has 0 unspecified atom stereocenters. The van der Waals surface area contributed by atoms with Crippen LogP contribution in [0.3, 0.4) is 0 Å². The third-order valence-corrected chi connectivity index (χ3v) is 3.70. The van der Waals surface area contributed by atoms with Gasteiger partial charge in [0, 0.05) is 16.8 Å². The molecule has 0 spiro atoms. The van der Waals surface area contributed by atoms with Crippen molar-refractivity contribution in [2.75, 3.05) is 17.2 Å². The normalized spacial score (nSPS) is 11.3. The minimum absolute atomic E-state index is 0.0513. The van der Waals surface area contributed by atoms with E-state index in [0.717, 1.165) is 28.6 Å². The first-order chi connectivity index (χ1) is 11.9. The van der Waals surface area contributed by atoms with Crippen molar-refractivity contribution in [2.45, 2.75) is 6.18 Å². The van der Waals surface area contributed by atoms with Crippen LogP contribution in [0.15, 0.2) is 66.7 Å². The largest absolute Gasteiger partial charge is 0.416 e. The van der Waals surface area contributed by atoms with Crippen LogP contribution < -0.4 is 10.6 Å². The summed E-state index contributed by atoms with van der Waals surface area (Å²) in [5, 5.41) is 7.49. The maximum absolute atomic E-state index is 12.7. The highest BCUT2D eigenvalue weighted by Crippen LogP contribution is 2.30. The molecule has 0 atom stereocenters. The van der Waals surface area contributed by atoms with Gasteiger partial charge in [0.2, 0.25) is 5.91 Å². The highest BCUT2D eigenvalue weighted by molar-refractivity contribution is 5.97. The predicted octanol–water partition coefficient (Wildman–Crippen LogP) is 4.91. The van der Waals surface area contributed by atoms with Crippen molar-refractivity contribution in [1.29, 1.82) is 0 Å². The number of halogens is 3. The standard InChI is InChI=1S/C19H15F3N2O/c20-19(21,22)14-7-4-8-15(11-14)24-18(25)12-23-17-10-3-6-13-5-1-2-9-16(13)17/h1-11,23H,12H2,(H,24,25). The SMILES string of the molecule is O=C(CNc1cccc2ccccc12)Nc1cccc(C(F)(F)F)c1. The minimum Gasteiger partial charge on any atom is -0.376 e. The van der Waals surface area contributed by atoms with E-state index < -0.39 is 17.6 Å². The van der Waals surface area contributed by atoms with Crippen LogP contribution in [0, 0.1) is 0 Å². The van der Waals surface area contributed by atoms with Gasteiger partial charge in [-0.2, -0.15) is 13.2 Å². The molecule has 3 aromatic carbocycles. The molecule has 3 nitrogen and oxygen atoms in total. The van der Waals surface area contributed by atoms with Crippen LogP contribution in [0.25, 0.3) is 10.8 Å². The van der Waals surface area contributed by atoms with Crippen LogP contribution in [0.2, 0.25) is 0 Å². The zero-order chi connectivity index (χ0) is 17.9. The van der Waals surface area contributed by atoms with Gasteiger partial charge < -0.3 is 10.6 Å². The number of carbonyl (C=O) groups is 1. The van der Waals surface area contributed by atoms with Crippen LogP contribution in [0.4, 0.5) is 24.5 Å².